The number of carbonyl (C=O) groups is 2. The lowest BCUT2D eigenvalue weighted by Gasteiger charge is -2.08. The maximum atomic E-state index is 13.5. The number of carbonyl (C=O) groups excluding carboxylic acids is 2. The fraction of sp³-hybridized carbons (Fsp3) is 0.0870. The largest absolute Gasteiger partial charge is 0.497 e. The van der Waals surface area contributed by atoms with Crippen LogP contribution < -0.4 is 4.74 Å². The Balaban J connectivity index is 1.99. The summed E-state index contributed by atoms with van der Waals surface area (Å²) in [6, 6.07) is 17.7. The highest BCUT2D eigenvalue weighted by atomic mass is 16.6. The lowest BCUT2D eigenvalue weighted by molar-refractivity contribution is -0.401. The quantitative estimate of drug-likeness (QED) is 0.240. The lowest BCUT2D eigenvalue weighted by atomic mass is 9.98. The second kappa shape index (κ2) is 8.31. The van der Waals surface area contributed by atoms with Crippen LogP contribution in [0.15, 0.2) is 71.1 Å². The van der Waals surface area contributed by atoms with E-state index in [1.165, 1.54) is 30.8 Å². The highest BCUT2D eigenvalue weighted by molar-refractivity contribution is 6.18. The molecule has 2 aromatic heterocycles. The summed E-state index contributed by atoms with van der Waals surface area (Å²) in [4.78, 5) is 36.6. The number of hydrogen-bond acceptors (Lipinski definition) is 7. The SMILES string of the molecule is COc1ccc(-n2nc(-c3ccc([N+](=O)[O-])o3)c(C(=O)c3ccccc3)c2C(C)=O)cc1. The lowest BCUT2D eigenvalue weighted by Crippen LogP contribution is -2.12. The third kappa shape index (κ3) is 3.67. The molecule has 0 aliphatic rings. The first-order valence-corrected chi connectivity index (χ1v) is 9.53. The number of nitro groups is 1. The van der Waals surface area contributed by atoms with Crippen molar-refractivity contribution in [3.63, 3.8) is 0 Å². The van der Waals surface area contributed by atoms with Gasteiger partial charge in [-0.3, -0.25) is 19.7 Å². The van der Waals surface area contributed by atoms with Crippen molar-refractivity contribution in [1.82, 2.24) is 9.78 Å². The molecular formula is C23H17N3O6. The molecule has 2 aromatic carbocycles. The second-order valence-corrected chi connectivity index (χ2v) is 6.83. The van der Waals surface area contributed by atoms with Gasteiger partial charge in [-0.2, -0.15) is 5.10 Å². The molecule has 0 bridgehead atoms. The molecule has 0 amide bonds. The van der Waals surface area contributed by atoms with E-state index in [1.54, 1.807) is 54.6 Å². The molecule has 0 atom stereocenters. The number of methoxy groups -OCH3 is 1. The Kier molecular flexibility index (Phi) is 5.38. The van der Waals surface area contributed by atoms with Crippen LogP contribution in [-0.2, 0) is 0 Å². The third-order valence-corrected chi connectivity index (χ3v) is 4.80. The first-order chi connectivity index (χ1) is 15.4. The van der Waals surface area contributed by atoms with Crippen LogP contribution in [0.4, 0.5) is 5.88 Å². The van der Waals surface area contributed by atoms with Gasteiger partial charge >= 0.3 is 5.88 Å². The summed E-state index contributed by atoms with van der Waals surface area (Å²) in [5.41, 5.74) is 0.923. The van der Waals surface area contributed by atoms with Crippen LogP contribution in [0.1, 0.15) is 33.3 Å². The number of benzene rings is 2. The standard InChI is InChI=1S/C23H17N3O6/c1-14(27)22-20(23(28)15-6-4-3-5-7-15)21(18-12-13-19(32-18)26(29)30)24-25(22)16-8-10-17(31-2)11-9-16/h3-13H,1-2H3. The van der Waals surface area contributed by atoms with Crippen LogP contribution >= 0.6 is 0 Å². The van der Waals surface area contributed by atoms with Crippen molar-refractivity contribution < 1.29 is 23.7 Å². The number of furan rings is 1. The van der Waals surface area contributed by atoms with Crippen LogP contribution in [0.5, 0.6) is 5.75 Å². The van der Waals surface area contributed by atoms with E-state index in [1.807, 2.05) is 0 Å². The number of ether oxygens (including phenoxy) is 1. The molecule has 4 aromatic rings. The average molecular weight is 431 g/mol. The molecule has 32 heavy (non-hydrogen) atoms. The molecule has 0 fully saturated rings. The van der Waals surface area contributed by atoms with Gasteiger partial charge < -0.3 is 9.15 Å². The van der Waals surface area contributed by atoms with Gasteiger partial charge in [0.05, 0.1) is 24.4 Å². The molecule has 9 nitrogen and oxygen atoms in total. The van der Waals surface area contributed by atoms with Crippen molar-refractivity contribution in [1.29, 1.82) is 0 Å². The zero-order valence-corrected chi connectivity index (χ0v) is 17.1. The normalized spacial score (nSPS) is 10.7. The van der Waals surface area contributed by atoms with Crippen LogP contribution in [0.3, 0.4) is 0 Å². The summed E-state index contributed by atoms with van der Waals surface area (Å²) in [6.45, 7) is 1.33. The van der Waals surface area contributed by atoms with Gasteiger partial charge in [0.25, 0.3) is 0 Å². The molecule has 0 saturated heterocycles. The van der Waals surface area contributed by atoms with Crippen LogP contribution in [0, 0.1) is 10.1 Å². The van der Waals surface area contributed by atoms with Crippen LogP contribution in [0.25, 0.3) is 17.1 Å². The van der Waals surface area contributed by atoms with E-state index >= 15 is 0 Å². The number of nitrogens with zero attached hydrogens (tertiary/aromatic N) is 3. The molecular weight excluding hydrogens is 414 g/mol. The van der Waals surface area contributed by atoms with Gasteiger partial charge in [0, 0.05) is 12.5 Å². The zero-order valence-electron chi connectivity index (χ0n) is 17.1. The Hall–Kier alpha value is -4.53. The maximum Gasteiger partial charge on any atom is 0.433 e. The molecule has 0 aliphatic carbocycles. The number of ketones is 2. The van der Waals surface area contributed by atoms with E-state index in [4.69, 9.17) is 9.15 Å². The second-order valence-electron chi connectivity index (χ2n) is 6.83. The number of aromatic nitrogens is 2. The van der Waals surface area contributed by atoms with E-state index in [0.29, 0.717) is 17.0 Å². The molecule has 9 heteroatoms. The molecule has 0 saturated carbocycles. The van der Waals surface area contributed by atoms with Crippen molar-refractivity contribution in [3.05, 3.63) is 93.7 Å². The minimum atomic E-state index is -0.686. The van der Waals surface area contributed by atoms with E-state index in [-0.39, 0.29) is 22.7 Å². The summed E-state index contributed by atoms with van der Waals surface area (Å²) in [5.74, 6) is -0.746. The predicted molar refractivity (Wildman–Crippen MR) is 114 cm³/mol. The van der Waals surface area contributed by atoms with Gasteiger partial charge in [-0.15, -0.1) is 0 Å². The molecule has 2 heterocycles. The van der Waals surface area contributed by atoms with E-state index < -0.39 is 22.4 Å². The van der Waals surface area contributed by atoms with Gasteiger partial charge in [0.2, 0.25) is 0 Å². The Morgan fingerprint density at radius 1 is 1.03 bits per heavy atom. The van der Waals surface area contributed by atoms with Gasteiger partial charge in [0.1, 0.15) is 22.1 Å². The monoisotopic (exact) mass is 431 g/mol. The van der Waals surface area contributed by atoms with Crippen molar-refractivity contribution in [2.45, 2.75) is 6.92 Å². The smallest absolute Gasteiger partial charge is 0.433 e. The number of Topliss-reactive ketones (excluding diaryl/α,β-unsaturated/α-hetero) is 1. The van der Waals surface area contributed by atoms with E-state index in [0.717, 1.165) is 0 Å². The highest BCUT2D eigenvalue weighted by Gasteiger charge is 2.31. The van der Waals surface area contributed by atoms with Crippen molar-refractivity contribution in [2.24, 2.45) is 0 Å². The minimum Gasteiger partial charge on any atom is -0.497 e. The fourth-order valence-corrected chi connectivity index (χ4v) is 3.33. The Bertz CT molecular complexity index is 1320. The summed E-state index contributed by atoms with van der Waals surface area (Å²) in [6.07, 6.45) is 0. The molecule has 0 spiro atoms. The molecule has 160 valence electrons. The summed E-state index contributed by atoms with van der Waals surface area (Å²) in [5, 5.41) is 15.6. The average Bonchev–Trinajstić information content (AvgIpc) is 3.44. The number of hydrogen-bond donors (Lipinski definition) is 0. The van der Waals surface area contributed by atoms with Crippen molar-refractivity contribution in [2.75, 3.05) is 7.11 Å². The van der Waals surface area contributed by atoms with Gasteiger partial charge in [-0.1, -0.05) is 30.3 Å². The van der Waals surface area contributed by atoms with E-state index in [9.17, 15) is 19.7 Å². The number of rotatable bonds is 7. The molecule has 0 aliphatic heterocycles. The van der Waals surface area contributed by atoms with Crippen molar-refractivity contribution >= 4 is 17.5 Å². The summed E-state index contributed by atoms with van der Waals surface area (Å²) in [7, 11) is 1.53. The summed E-state index contributed by atoms with van der Waals surface area (Å²) < 4.78 is 11.8. The fourth-order valence-electron chi connectivity index (χ4n) is 3.33. The molecule has 0 radical (unpaired) electrons. The van der Waals surface area contributed by atoms with E-state index in [2.05, 4.69) is 5.10 Å². The Morgan fingerprint density at radius 2 is 1.72 bits per heavy atom. The zero-order chi connectivity index (χ0) is 22.8. The van der Waals surface area contributed by atoms with Gasteiger partial charge in [-0.05, 0) is 30.3 Å². The molecule has 4 rings (SSSR count). The minimum absolute atomic E-state index is 0.00349. The first-order valence-electron chi connectivity index (χ1n) is 9.53. The van der Waals surface area contributed by atoms with Crippen LogP contribution in [-0.4, -0.2) is 33.4 Å². The topological polar surface area (TPSA) is 117 Å². The van der Waals surface area contributed by atoms with Crippen molar-refractivity contribution in [3.8, 4) is 22.9 Å². The third-order valence-electron chi connectivity index (χ3n) is 4.80. The molecule has 0 N–H and O–H groups in total. The predicted octanol–water partition coefficient (Wildman–Crippen LogP) is 4.48. The first kappa shape index (κ1) is 20.7. The molecule has 0 unspecified atom stereocenters. The van der Waals surface area contributed by atoms with Gasteiger partial charge in [-0.25, -0.2) is 4.68 Å². The highest BCUT2D eigenvalue weighted by Crippen LogP contribution is 2.33. The Labute approximate surface area is 182 Å². The van der Waals surface area contributed by atoms with Crippen LogP contribution in [0.2, 0.25) is 0 Å². The summed E-state index contributed by atoms with van der Waals surface area (Å²) >= 11 is 0. The maximum absolute atomic E-state index is 13.5. The Morgan fingerprint density at radius 3 is 2.28 bits per heavy atom. The van der Waals surface area contributed by atoms with Gasteiger partial charge in [0.15, 0.2) is 17.3 Å².